The molecule has 18 heavy (non-hydrogen) atoms. The van der Waals surface area contributed by atoms with Crippen LogP contribution in [0.25, 0.3) is 0 Å². The Labute approximate surface area is 111 Å². The molecule has 100 valence electrons. The molecule has 0 saturated heterocycles. The van der Waals surface area contributed by atoms with Gasteiger partial charge in [-0.2, -0.15) is 0 Å². The van der Waals surface area contributed by atoms with Gasteiger partial charge in [-0.1, -0.05) is 37.3 Å². The molecule has 0 bridgehead atoms. The zero-order valence-corrected chi connectivity index (χ0v) is 12.0. The number of methoxy groups -OCH3 is 1. The summed E-state index contributed by atoms with van der Waals surface area (Å²) in [7, 11) is 1.83. The largest absolute Gasteiger partial charge is 0.363 e. The molecule has 2 heteroatoms. The van der Waals surface area contributed by atoms with Crippen molar-refractivity contribution in [1.29, 1.82) is 0 Å². The normalized spacial score (nSPS) is 30.7. The first-order valence-corrected chi connectivity index (χ1v) is 6.94. The van der Waals surface area contributed by atoms with Gasteiger partial charge in [-0.15, -0.1) is 0 Å². The molecule has 0 aliphatic heterocycles. The lowest BCUT2D eigenvalue weighted by Crippen LogP contribution is -2.43. The van der Waals surface area contributed by atoms with Crippen molar-refractivity contribution in [2.75, 3.05) is 7.11 Å². The molecular formula is C16H25NO. The van der Waals surface area contributed by atoms with E-state index in [4.69, 9.17) is 4.74 Å². The molecule has 1 fully saturated rings. The average molecular weight is 247 g/mol. The Hall–Kier alpha value is -0.860. The fraction of sp³-hybridized carbons (Fsp3) is 0.625. The van der Waals surface area contributed by atoms with Crippen LogP contribution in [-0.2, 0) is 11.2 Å². The van der Waals surface area contributed by atoms with Crippen LogP contribution in [0.2, 0.25) is 0 Å². The van der Waals surface area contributed by atoms with Crippen LogP contribution in [0.1, 0.15) is 39.2 Å². The highest BCUT2D eigenvalue weighted by molar-refractivity contribution is 5.24. The van der Waals surface area contributed by atoms with Crippen LogP contribution >= 0.6 is 0 Å². The van der Waals surface area contributed by atoms with Crippen molar-refractivity contribution >= 4 is 0 Å². The van der Waals surface area contributed by atoms with E-state index in [-0.39, 0.29) is 11.1 Å². The van der Waals surface area contributed by atoms with Crippen LogP contribution in [0.5, 0.6) is 0 Å². The van der Waals surface area contributed by atoms with Gasteiger partial charge in [-0.3, -0.25) is 5.32 Å². The van der Waals surface area contributed by atoms with Gasteiger partial charge in [0.05, 0.1) is 0 Å². The number of hydrogen-bond acceptors (Lipinski definition) is 2. The monoisotopic (exact) mass is 247 g/mol. The van der Waals surface area contributed by atoms with Gasteiger partial charge in [0.2, 0.25) is 0 Å². The number of hydrogen-bond donors (Lipinski definition) is 1. The highest BCUT2D eigenvalue weighted by Crippen LogP contribution is 2.61. The quantitative estimate of drug-likeness (QED) is 0.778. The van der Waals surface area contributed by atoms with E-state index in [1.807, 2.05) is 7.11 Å². The molecule has 1 saturated carbocycles. The SMILES string of the molecule is CCC1(Cc2ccccc2)CC1(NC(C)C)OC. The number of rotatable bonds is 6. The maximum Gasteiger partial charge on any atom is 0.125 e. The third-order valence-electron chi connectivity index (χ3n) is 4.25. The Kier molecular flexibility index (Phi) is 3.79. The molecule has 2 unspecified atom stereocenters. The fourth-order valence-electron chi connectivity index (χ4n) is 3.18. The molecule has 0 radical (unpaired) electrons. The minimum absolute atomic E-state index is 0.119. The molecule has 1 aromatic carbocycles. The van der Waals surface area contributed by atoms with E-state index in [0.717, 1.165) is 19.3 Å². The predicted molar refractivity (Wildman–Crippen MR) is 75.5 cm³/mol. The smallest absolute Gasteiger partial charge is 0.125 e. The average Bonchev–Trinajstić information content (AvgIpc) is 2.98. The lowest BCUT2D eigenvalue weighted by molar-refractivity contribution is 0.00412. The van der Waals surface area contributed by atoms with E-state index in [9.17, 15) is 0 Å². The Bertz CT molecular complexity index is 389. The maximum atomic E-state index is 5.83. The van der Waals surface area contributed by atoms with Crippen molar-refractivity contribution in [3.63, 3.8) is 0 Å². The predicted octanol–water partition coefficient (Wildman–Crippen LogP) is 3.37. The molecular weight excluding hydrogens is 222 g/mol. The summed E-state index contributed by atoms with van der Waals surface area (Å²) in [4.78, 5) is 0. The van der Waals surface area contributed by atoms with E-state index in [2.05, 4.69) is 56.4 Å². The van der Waals surface area contributed by atoms with Crippen molar-refractivity contribution in [2.45, 2.75) is 51.8 Å². The van der Waals surface area contributed by atoms with Crippen molar-refractivity contribution in [1.82, 2.24) is 5.32 Å². The highest BCUT2D eigenvalue weighted by Gasteiger charge is 2.67. The third-order valence-corrected chi connectivity index (χ3v) is 4.25. The molecule has 0 spiro atoms. The van der Waals surface area contributed by atoms with Crippen molar-refractivity contribution < 1.29 is 4.74 Å². The van der Waals surface area contributed by atoms with Crippen LogP contribution in [0.4, 0.5) is 0 Å². The number of benzene rings is 1. The number of nitrogens with one attached hydrogen (secondary N) is 1. The van der Waals surface area contributed by atoms with E-state index in [1.165, 1.54) is 5.56 Å². The maximum absolute atomic E-state index is 5.83. The van der Waals surface area contributed by atoms with Gasteiger partial charge in [-0.25, -0.2) is 0 Å². The van der Waals surface area contributed by atoms with Crippen LogP contribution < -0.4 is 5.32 Å². The zero-order valence-electron chi connectivity index (χ0n) is 12.0. The Morgan fingerprint density at radius 2 is 1.94 bits per heavy atom. The Balaban J connectivity index is 2.14. The van der Waals surface area contributed by atoms with Gasteiger partial charge in [-0.05, 0) is 32.3 Å². The van der Waals surface area contributed by atoms with Gasteiger partial charge >= 0.3 is 0 Å². The van der Waals surface area contributed by atoms with Gasteiger partial charge < -0.3 is 4.74 Å². The third kappa shape index (κ3) is 2.32. The topological polar surface area (TPSA) is 21.3 Å². The first kappa shape index (κ1) is 13.6. The second-order valence-electron chi connectivity index (χ2n) is 5.80. The van der Waals surface area contributed by atoms with Crippen molar-refractivity contribution in [3.05, 3.63) is 35.9 Å². The molecule has 0 heterocycles. The van der Waals surface area contributed by atoms with E-state index >= 15 is 0 Å². The highest BCUT2D eigenvalue weighted by atomic mass is 16.5. The number of ether oxygens (including phenoxy) is 1. The summed E-state index contributed by atoms with van der Waals surface area (Å²) in [5.74, 6) is 0. The summed E-state index contributed by atoms with van der Waals surface area (Å²) in [5.41, 5.74) is 1.54. The molecule has 2 rings (SSSR count). The summed E-state index contributed by atoms with van der Waals surface area (Å²) < 4.78 is 5.83. The fourth-order valence-corrected chi connectivity index (χ4v) is 3.18. The zero-order chi connectivity index (χ0) is 13.2. The molecule has 2 atom stereocenters. The minimum Gasteiger partial charge on any atom is -0.363 e. The van der Waals surface area contributed by atoms with Crippen molar-refractivity contribution in [2.24, 2.45) is 5.41 Å². The summed E-state index contributed by atoms with van der Waals surface area (Å²) in [6.45, 7) is 6.63. The summed E-state index contributed by atoms with van der Waals surface area (Å²) in [5, 5.41) is 3.62. The Morgan fingerprint density at radius 3 is 2.44 bits per heavy atom. The van der Waals surface area contributed by atoms with E-state index < -0.39 is 0 Å². The van der Waals surface area contributed by atoms with Crippen LogP contribution in [-0.4, -0.2) is 18.9 Å². The summed E-state index contributed by atoms with van der Waals surface area (Å²) >= 11 is 0. The van der Waals surface area contributed by atoms with Gasteiger partial charge in [0.15, 0.2) is 0 Å². The van der Waals surface area contributed by atoms with Crippen molar-refractivity contribution in [3.8, 4) is 0 Å². The second kappa shape index (κ2) is 5.02. The van der Waals surface area contributed by atoms with E-state index in [0.29, 0.717) is 6.04 Å². The standard InChI is InChI=1S/C16H25NO/c1-5-15(11-14-9-7-6-8-10-14)12-16(15,18-4)17-13(2)3/h6-10,13,17H,5,11-12H2,1-4H3. The summed E-state index contributed by atoms with van der Waals surface area (Å²) in [6.07, 6.45) is 3.35. The first-order valence-electron chi connectivity index (χ1n) is 6.94. The molecule has 1 aliphatic rings. The molecule has 1 aromatic rings. The lowest BCUT2D eigenvalue weighted by Gasteiger charge is -2.27. The Morgan fingerprint density at radius 1 is 1.28 bits per heavy atom. The minimum atomic E-state index is -0.119. The molecule has 1 N–H and O–H groups in total. The van der Waals surface area contributed by atoms with Gasteiger partial charge in [0, 0.05) is 25.0 Å². The summed E-state index contributed by atoms with van der Waals surface area (Å²) in [6, 6.07) is 11.2. The van der Waals surface area contributed by atoms with Gasteiger partial charge in [0.25, 0.3) is 0 Å². The molecule has 0 amide bonds. The van der Waals surface area contributed by atoms with E-state index in [1.54, 1.807) is 0 Å². The first-order chi connectivity index (χ1) is 8.57. The van der Waals surface area contributed by atoms with Gasteiger partial charge in [0.1, 0.15) is 5.72 Å². The molecule has 1 aliphatic carbocycles. The molecule has 0 aromatic heterocycles. The van der Waals surface area contributed by atoms with Crippen LogP contribution in [0.3, 0.4) is 0 Å². The lowest BCUT2D eigenvalue weighted by atomic mass is 9.92. The van der Waals surface area contributed by atoms with Crippen LogP contribution in [0.15, 0.2) is 30.3 Å². The van der Waals surface area contributed by atoms with Crippen LogP contribution in [0, 0.1) is 5.41 Å². The second-order valence-corrected chi connectivity index (χ2v) is 5.80. The molecule has 2 nitrogen and oxygen atoms in total.